The van der Waals surface area contributed by atoms with Crippen LogP contribution in [0, 0.1) is 10.1 Å². The van der Waals surface area contributed by atoms with E-state index in [0.29, 0.717) is 19.1 Å². The van der Waals surface area contributed by atoms with E-state index in [1.165, 1.54) is 31.0 Å². The van der Waals surface area contributed by atoms with E-state index in [1.807, 2.05) is 0 Å². The molecular formula is C12H14ClN3O3. The Labute approximate surface area is 115 Å². The number of hydrogen-bond donors (Lipinski definition) is 2. The van der Waals surface area contributed by atoms with Crippen LogP contribution in [0.4, 0.5) is 5.69 Å². The highest BCUT2D eigenvalue weighted by atomic mass is 35.5. The van der Waals surface area contributed by atoms with E-state index in [-0.39, 0.29) is 22.2 Å². The molecule has 102 valence electrons. The van der Waals surface area contributed by atoms with Crippen molar-refractivity contribution in [1.82, 2.24) is 10.6 Å². The van der Waals surface area contributed by atoms with Gasteiger partial charge in [0.2, 0.25) is 0 Å². The molecular weight excluding hydrogens is 270 g/mol. The van der Waals surface area contributed by atoms with Crippen molar-refractivity contribution < 1.29 is 9.72 Å². The lowest BCUT2D eigenvalue weighted by atomic mass is 10.2. The number of benzene rings is 1. The lowest BCUT2D eigenvalue weighted by molar-refractivity contribution is -0.384. The molecule has 2 rings (SSSR count). The van der Waals surface area contributed by atoms with E-state index in [0.717, 1.165) is 0 Å². The summed E-state index contributed by atoms with van der Waals surface area (Å²) >= 11 is 5.75. The maximum Gasteiger partial charge on any atom is 0.271 e. The standard InChI is InChI=1S/C12H14ClN3O3/c13-9-5-8(6-11(7-9)16(18)19)12(17)15-4-3-14-10-1-2-10/h5-7,10,14H,1-4H2,(H,15,17). The summed E-state index contributed by atoms with van der Waals surface area (Å²) in [4.78, 5) is 21.9. The highest BCUT2D eigenvalue weighted by Crippen LogP contribution is 2.21. The minimum atomic E-state index is -0.572. The fourth-order valence-corrected chi connectivity index (χ4v) is 1.88. The number of hydrogen-bond acceptors (Lipinski definition) is 4. The predicted octanol–water partition coefficient (Wildman–Crippen LogP) is 1.73. The Morgan fingerprint density at radius 3 is 2.74 bits per heavy atom. The number of nitro groups is 1. The second kappa shape index (κ2) is 5.99. The predicted molar refractivity (Wildman–Crippen MR) is 71.5 cm³/mol. The highest BCUT2D eigenvalue weighted by Gasteiger charge is 2.19. The van der Waals surface area contributed by atoms with Crippen molar-refractivity contribution >= 4 is 23.2 Å². The molecule has 0 unspecified atom stereocenters. The number of nitrogens with zero attached hydrogens (tertiary/aromatic N) is 1. The smallest absolute Gasteiger partial charge is 0.271 e. The summed E-state index contributed by atoms with van der Waals surface area (Å²) in [6, 6.07) is 4.44. The SMILES string of the molecule is O=C(NCCNC1CC1)c1cc(Cl)cc([N+](=O)[O-])c1. The molecule has 2 N–H and O–H groups in total. The van der Waals surface area contributed by atoms with E-state index in [4.69, 9.17) is 11.6 Å². The van der Waals surface area contributed by atoms with Gasteiger partial charge in [-0.3, -0.25) is 14.9 Å². The van der Waals surface area contributed by atoms with Gasteiger partial charge in [-0.25, -0.2) is 0 Å². The summed E-state index contributed by atoms with van der Waals surface area (Å²) in [6.45, 7) is 1.18. The highest BCUT2D eigenvalue weighted by molar-refractivity contribution is 6.31. The van der Waals surface area contributed by atoms with E-state index in [2.05, 4.69) is 10.6 Å². The molecule has 0 spiro atoms. The summed E-state index contributed by atoms with van der Waals surface area (Å²) in [5, 5.41) is 16.8. The van der Waals surface area contributed by atoms with Crippen LogP contribution in [-0.4, -0.2) is 30.0 Å². The van der Waals surface area contributed by atoms with Gasteiger partial charge in [0.25, 0.3) is 11.6 Å². The average Bonchev–Trinajstić information content (AvgIpc) is 3.17. The first-order valence-electron chi connectivity index (χ1n) is 6.03. The molecule has 6 nitrogen and oxygen atoms in total. The van der Waals surface area contributed by atoms with Crippen molar-refractivity contribution in [2.75, 3.05) is 13.1 Å². The maximum absolute atomic E-state index is 11.8. The molecule has 1 aromatic carbocycles. The number of rotatable bonds is 6. The summed E-state index contributed by atoms with van der Waals surface area (Å²) in [7, 11) is 0. The van der Waals surface area contributed by atoms with Gasteiger partial charge in [-0.1, -0.05) is 11.6 Å². The zero-order valence-corrected chi connectivity index (χ0v) is 10.9. The lowest BCUT2D eigenvalue weighted by Crippen LogP contribution is -2.32. The fraction of sp³-hybridized carbons (Fsp3) is 0.417. The Morgan fingerprint density at radius 2 is 2.11 bits per heavy atom. The molecule has 1 aliphatic rings. The average molecular weight is 284 g/mol. The molecule has 1 saturated carbocycles. The van der Waals surface area contributed by atoms with Crippen LogP contribution in [0.2, 0.25) is 5.02 Å². The number of carbonyl (C=O) groups excluding carboxylic acids is 1. The minimum Gasteiger partial charge on any atom is -0.351 e. The number of amides is 1. The minimum absolute atomic E-state index is 0.176. The van der Waals surface area contributed by atoms with Gasteiger partial charge in [0, 0.05) is 41.9 Å². The van der Waals surface area contributed by atoms with E-state index in [1.54, 1.807) is 0 Å². The van der Waals surface area contributed by atoms with Crippen molar-refractivity contribution in [2.45, 2.75) is 18.9 Å². The van der Waals surface area contributed by atoms with Crippen LogP contribution in [0.15, 0.2) is 18.2 Å². The first kappa shape index (κ1) is 13.8. The van der Waals surface area contributed by atoms with Gasteiger partial charge in [0.05, 0.1) is 4.92 Å². The van der Waals surface area contributed by atoms with Crippen molar-refractivity contribution in [2.24, 2.45) is 0 Å². The molecule has 1 amide bonds. The van der Waals surface area contributed by atoms with Gasteiger partial charge in [0.1, 0.15) is 0 Å². The quantitative estimate of drug-likeness (QED) is 0.473. The summed E-state index contributed by atoms with van der Waals surface area (Å²) in [6.07, 6.45) is 2.38. The van der Waals surface area contributed by atoms with Gasteiger partial charge < -0.3 is 10.6 Å². The molecule has 0 atom stereocenters. The molecule has 1 aromatic rings. The first-order chi connectivity index (χ1) is 9.06. The van der Waals surface area contributed by atoms with Crippen LogP contribution < -0.4 is 10.6 Å². The first-order valence-corrected chi connectivity index (χ1v) is 6.40. The Hall–Kier alpha value is -1.66. The molecule has 0 aromatic heterocycles. The van der Waals surface area contributed by atoms with Crippen LogP contribution >= 0.6 is 11.6 Å². The third-order valence-corrected chi connectivity index (χ3v) is 2.99. The molecule has 0 bridgehead atoms. The number of carbonyl (C=O) groups is 1. The topological polar surface area (TPSA) is 84.3 Å². The van der Waals surface area contributed by atoms with Gasteiger partial charge in [-0.05, 0) is 18.9 Å². The second-order valence-electron chi connectivity index (χ2n) is 4.44. The van der Waals surface area contributed by atoms with Gasteiger partial charge in [0.15, 0.2) is 0 Å². The van der Waals surface area contributed by atoms with E-state index in [9.17, 15) is 14.9 Å². The molecule has 0 aliphatic heterocycles. The summed E-state index contributed by atoms with van der Waals surface area (Å²) < 4.78 is 0. The van der Waals surface area contributed by atoms with Crippen LogP contribution in [0.1, 0.15) is 23.2 Å². The Morgan fingerprint density at radius 1 is 1.37 bits per heavy atom. The Kier molecular flexibility index (Phi) is 4.34. The van der Waals surface area contributed by atoms with Gasteiger partial charge in [-0.15, -0.1) is 0 Å². The Bertz CT molecular complexity index is 503. The number of nitro benzene ring substituents is 1. The van der Waals surface area contributed by atoms with Crippen molar-refractivity contribution in [3.8, 4) is 0 Å². The number of nitrogens with one attached hydrogen (secondary N) is 2. The van der Waals surface area contributed by atoms with Crippen molar-refractivity contribution in [3.05, 3.63) is 38.9 Å². The second-order valence-corrected chi connectivity index (χ2v) is 4.88. The van der Waals surface area contributed by atoms with E-state index >= 15 is 0 Å². The summed E-state index contributed by atoms with van der Waals surface area (Å²) in [5.41, 5.74) is 0.0133. The van der Waals surface area contributed by atoms with Crippen molar-refractivity contribution in [3.63, 3.8) is 0 Å². The zero-order valence-electron chi connectivity index (χ0n) is 10.2. The van der Waals surface area contributed by atoms with Crippen LogP contribution in [0.25, 0.3) is 0 Å². The molecule has 0 heterocycles. The molecule has 19 heavy (non-hydrogen) atoms. The van der Waals surface area contributed by atoms with Crippen LogP contribution in [0.5, 0.6) is 0 Å². The lowest BCUT2D eigenvalue weighted by Gasteiger charge is -2.06. The largest absolute Gasteiger partial charge is 0.351 e. The van der Waals surface area contributed by atoms with E-state index < -0.39 is 4.92 Å². The molecule has 1 fully saturated rings. The molecule has 7 heteroatoms. The maximum atomic E-state index is 11.8. The third-order valence-electron chi connectivity index (χ3n) is 2.78. The fourth-order valence-electron chi connectivity index (χ4n) is 1.65. The Balaban J connectivity index is 1.91. The number of halogens is 1. The third kappa shape index (κ3) is 4.18. The normalized spacial score (nSPS) is 14.2. The zero-order chi connectivity index (χ0) is 13.8. The molecule has 0 saturated heterocycles. The monoisotopic (exact) mass is 283 g/mol. The van der Waals surface area contributed by atoms with Crippen molar-refractivity contribution in [1.29, 1.82) is 0 Å². The van der Waals surface area contributed by atoms with Gasteiger partial charge in [-0.2, -0.15) is 0 Å². The van der Waals surface area contributed by atoms with Crippen LogP contribution in [0.3, 0.4) is 0 Å². The summed E-state index contributed by atoms with van der Waals surface area (Å²) in [5.74, 6) is -0.358. The molecule has 1 aliphatic carbocycles. The van der Waals surface area contributed by atoms with Gasteiger partial charge >= 0.3 is 0 Å². The molecule has 0 radical (unpaired) electrons. The van der Waals surface area contributed by atoms with Crippen LogP contribution in [-0.2, 0) is 0 Å². The number of non-ortho nitro benzene ring substituents is 1.